The first-order chi connectivity index (χ1) is 10.7. The molecular formula is C16H21N3O4. The summed E-state index contributed by atoms with van der Waals surface area (Å²) in [6, 6.07) is 5.25. The third kappa shape index (κ3) is 4.15. The summed E-state index contributed by atoms with van der Waals surface area (Å²) in [5.74, 6) is 0.372. The van der Waals surface area contributed by atoms with Crippen LogP contribution in [0.25, 0.3) is 0 Å². The second kappa shape index (κ2) is 6.20. The Labute approximate surface area is 135 Å². The predicted octanol–water partition coefficient (Wildman–Crippen LogP) is 2.92. The quantitative estimate of drug-likeness (QED) is 0.745. The summed E-state index contributed by atoms with van der Waals surface area (Å²) in [4.78, 5) is 13.0. The second-order valence-corrected chi connectivity index (χ2v) is 6.14. The molecule has 1 heterocycles. The molecule has 0 aromatic heterocycles. The third-order valence-electron chi connectivity index (χ3n) is 2.99. The number of anilines is 1. The molecule has 3 N–H and O–H groups in total. The highest BCUT2D eigenvalue weighted by atomic mass is 16.6. The Kier molecular flexibility index (Phi) is 4.49. The Morgan fingerprint density at radius 1 is 1.52 bits per heavy atom. The minimum atomic E-state index is -0.561. The summed E-state index contributed by atoms with van der Waals surface area (Å²) in [7, 11) is 0. The van der Waals surface area contributed by atoms with E-state index < -0.39 is 11.7 Å². The fraction of sp³-hybridized carbons (Fsp3) is 0.375. The van der Waals surface area contributed by atoms with Crippen molar-refractivity contribution in [3.8, 4) is 5.75 Å². The fourth-order valence-electron chi connectivity index (χ4n) is 2.11. The molecule has 0 saturated carbocycles. The Balaban J connectivity index is 2.13. The summed E-state index contributed by atoms with van der Waals surface area (Å²) in [5, 5.41) is 20.2. The van der Waals surface area contributed by atoms with Gasteiger partial charge in [0.15, 0.2) is 5.88 Å². The van der Waals surface area contributed by atoms with E-state index in [0.717, 1.165) is 5.56 Å². The van der Waals surface area contributed by atoms with Gasteiger partial charge in [0.05, 0.1) is 5.69 Å². The number of rotatable bonds is 3. The van der Waals surface area contributed by atoms with Crippen LogP contribution in [0, 0.1) is 5.41 Å². The Hall–Kier alpha value is -2.70. The number of amides is 1. The van der Waals surface area contributed by atoms with Crippen LogP contribution in [0.4, 0.5) is 10.5 Å². The second-order valence-electron chi connectivity index (χ2n) is 6.14. The van der Waals surface area contributed by atoms with Gasteiger partial charge in [0.25, 0.3) is 0 Å². The van der Waals surface area contributed by atoms with Crippen LogP contribution in [0.15, 0.2) is 30.7 Å². The minimum absolute atomic E-state index is 0.0576. The number of hydrogen-bond acceptors (Lipinski definition) is 5. The lowest BCUT2D eigenvalue weighted by Crippen LogP contribution is -2.37. The molecule has 0 saturated heterocycles. The average Bonchev–Trinajstić information content (AvgIpc) is 2.42. The lowest BCUT2D eigenvalue weighted by Gasteiger charge is -2.30. The monoisotopic (exact) mass is 319 g/mol. The van der Waals surface area contributed by atoms with Crippen LogP contribution in [0.3, 0.4) is 0 Å². The van der Waals surface area contributed by atoms with E-state index in [2.05, 4.69) is 11.9 Å². The molecular weight excluding hydrogens is 298 g/mol. The van der Waals surface area contributed by atoms with Crippen molar-refractivity contribution in [2.75, 3.05) is 11.5 Å². The molecule has 1 aliphatic rings. The third-order valence-corrected chi connectivity index (χ3v) is 2.99. The maximum absolute atomic E-state index is 11.7. The average molecular weight is 319 g/mol. The minimum Gasteiger partial charge on any atom is -0.495 e. The molecule has 124 valence electrons. The van der Waals surface area contributed by atoms with Crippen LogP contribution in [-0.4, -0.2) is 29.2 Å². The summed E-state index contributed by atoms with van der Waals surface area (Å²) in [6.45, 7) is 9.15. The van der Waals surface area contributed by atoms with Gasteiger partial charge in [-0.25, -0.2) is 4.79 Å². The van der Waals surface area contributed by atoms with Crippen molar-refractivity contribution in [2.24, 2.45) is 0 Å². The largest absolute Gasteiger partial charge is 0.495 e. The maximum Gasteiger partial charge on any atom is 0.407 e. The molecule has 1 amide bonds. The van der Waals surface area contributed by atoms with Gasteiger partial charge in [-0.15, -0.1) is 0 Å². The molecule has 0 spiro atoms. The molecule has 7 heteroatoms. The summed E-state index contributed by atoms with van der Waals surface area (Å²) in [6.07, 6.45) is -0.511. The van der Waals surface area contributed by atoms with Crippen molar-refractivity contribution in [3.63, 3.8) is 0 Å². The zero-order valence-electron chi connectivity index (χ0n) is 13.5. The maximum atomic E-state index is 11.7. The van der Waals surface area contributed by atoms with E-state index in [1.165, 1.54) is 4.90 Å². The zero-order chi connectivity index (χ0) is 17.2. The number of fused-ring (bicyclic) bond motifs is 1. The van der Waals surface area contributed by atoms with Gasteiger partial charge < -0.3 is 19.9 Å². The molecule has 1 aliphatic heterocycles. The van der Waals surface area contributed by atoms with Crippen molar-refractivity contribution in [1.29, 1.82) is 5.41 Å². The molecule has 23 heavy (non-hydrogen) atoms. The molecule has 0 radical (unpaired) electrons. The van der Waals surface area contributed by atoms with Crippen LogP contribution in [0.2, 0.25) is 0 Å². The van der Waals surface area contributed by atoms with Gasteiger partial charge in [0.2, 0.25) is 0 Å². The van der Waals surface area contributed by atoms with E-state index in [1.807, 2.05) is 0 Å². The van der Waals surface area contributed by atoms with Crippen molar-refractivity contribution in [3.05, 3.63) is 36.2 Å². The van der Waals surface area contributed by atoms with E-state index in [1.54, 1.807) is 39.0 Å². The normalized spacial score (nSPS) is 13.9. The first kappa shape index (κ1) is 16.7. The molecule has 7 nitrogen and oxygen atoms in total. The van der Waals surface area contributed by atoms with Crippen molar-refractivity contribution in [1.82, 2.24) is 5.32 Å². The number of nitrogens with zero attached hydrogens (tertiary/aromatic N) is 1. The van der Waals surface area contributed by atoms with Crippen LogP contribution >= 0.6 is 0 Å². The first-order valence-corrected chi connectivity index (χ1v) is 7.15. The SMILES string of the molecule is C=C(O)N1C(=N)COc2ccc(CNC(=O)OC(C)(C)C)cc21. The molecule has 0 fully saturated rings. The van der Waals surface area contributed by atoms with Gasteiger partial charge in [-0.05, 0) is 45.0 Å². The Bertz CT molecular complexity index is 649. The summed E-state index contributed by atoms with van der Waals surface area (Å²) >= 11 is 0. The van der Waals surface area contributed by atoms with E-state index in [9.17, 15) is 9.90 Å². The number of carbonyl (C=O) groups is 1. The van der Waals surface area contributed by atoms with E-state index >= 15 is 0 Å². The van der Waals surface area contributed by atoms with E-state index in [-0.39, 0.29) is 24.9 Å². The first-order valence-electron chi connectivity index (χ1n) is 7.15. The number of aliphatic hydroxyl groups excluding tert-OH is 1. The van der Waals surface area contributed by atoms with Gasteiger partial charge in [-0.1, -0.05) is 6.07 Å². The molecule has 2 rings (SSSR count). The van der Waals surface area contributed by atoms with Crippen molar-refractivity contribution >= 4 is 17.6 Å². The van der Waals surface area contributed by atoms with Crippen LogP contribution < -0.4 is 15.0 Å². The van der Waals surface area contributed by atoms with Crippen LogP contribution in [0.1, 0.15) is 26.3 Å². The number of ether oxygens (including phenoxy) is 2. The topological polar surface area (TPSA) is 94.9 Å². The van der Waals surface area contributed by atoms with Gasteiger partial charge in [0, 0.05) is 6.54 Å². The highest BCUT2D eigenvalue weighted by Crippen LogP contribution is 2.34. The Morgan fingerprint density at radius 3 is 2.83 bits per heavy atom. The fourth-order valence-corrected chi connectivity index (χ4v) is 2.11. The van der Waals surface area contributed by atoms with E-state index in [0.29, 0.717) is 11.4 Å². The molecule has 0 bridgehead atoms. The van der Waals surface area contributed by atoms with Crippen LogP contribution in [-0.2, 0) is 11.3 Å². The number of hydrogen-bond donors (Lipinski definition) is 3. The summed E-state index contributed by atoms with van der Waals surface area (Å²) in [5.41, 5.74) is 0.727. The number of aliphatic hydroxyl groups is 1. The number of alkyl carbamates (subject to hydrolysis) is 1. The molecule has 1 aromatic rings. The van der Waals surface area contributed by atoms with Gasteiger partial charge in [0.1, 0.15) is 23.8 Å². The molecule has 0 unspecified atom stereocenters. The smallest absolute Gasteiger partial charge is 0.407 e. The van der Waals surface area contributed by atoms with Crippen LogP contribution in [0.5, 0.6) is 5.75 Å². The lowest BCUT2D eigenvalue weighted by atomic mass is 10.1. The van der Waals surface area contributed by atoms with E-state index in [4.69, 9.17) is 14.9 Å². The molecule has 1 aromatic carbocycles. The highest BCUT2D eigenvalue weighted by Gasteiger charge is 2.25. The lowest BCUT2D eigenvalue weighted by molar-refractivity contribution is 0.0523. The summed E-state index contributed by atoms with van der Waals surface area (Å²) < 4.78 is 10.6. The Morgan fingerprint density at radius 2 is 2.22 bits per heavy atom. The predicted molar refractivity (Wildman–Crippen MR) is 87.0 cm³/mol. The standard InChI is InChI=1S/C16H21N3O4/c1-10(20)19-12-7-11(5-6-13(12)22-9-14(19)17)8-18-15(21)23-16(2,3)4/h5-7,17,20H,1,8-9H2,2-4H3,(H,18,21). The number of carbonyl (C=O) groups excluding carboxylic acids is 1. The van der Waals surface area contributed by atoms with Gasteiger partial charge in [-0.3, -0.25) is 10.3 Å². The van der Waals surface area contributed by atoms with Gasteiger partial charge in [-0.2, -0.15) is 0 Å². The number of amidine groups is 1. The highest BCUT2D eigenvalue weighted by molar-refractivity contribution is 6.01. The number of nitrogens with one attached hydrogen (secondary N) is 2. The van der Waals surface area contributed by atoms with Gasteiger partial charge >= 0.3 is 6.09 Å². The molecule has 0 aliphatic carbocycles. The molecule has 0 atom stereocenters. The van der Waals surface area contributed by atoms with Crippen molar-refractivity contribution in [2.45, 2.75) is 32.9 Å². The number of benzene rings is 1. The zero-order valence-corrected chi connectivity index (χ0v) is 13.5. The van der Waals surface area contributed by atoms with Crippen molar-refractivity contribution < 1.29 is 19.4 Å².